The molecule has 1 aliphatic rings. The first-order valence-electron chi connectivity index (χ1n) is 11.6. The normalized spacial score (nSPS) is 14.9. The third-order valence-corrected chi connectivity index (χ3v) is 5.38. The molecule has 174 valence electrons. The van der Waals surface area contributed by atoms with Gasteiger partial charge in [-0.05, 0) is 89.2 Å². The van der Waals surface area contributed by atoms with E-state index in [-0.39, 0.29) is 5.78 Å². The van der Waals surface area contributed by atoms with Crippen LogP contribution in [-0.2, 0) is 4.79 Å². The molecule has 0 atom stereocenters. The van der Waals surface area contributed by atoms with E-state index in [4.69, 9.17) is 4.99 Å². The molecule has 2 aromatic rings. The molecule has 6 nitrogen and oxygen atoms in total. The van der Waals surface area contributed by atoms with Gasteiger partial charge in [-0.1, -0.05) is 0 Å². The van der Waals surface area contributed by atoms with E-state index in [9.17, 15) is 4.79 Å². The third kappa shape index (κ3) is 6.25. The van der Waals surface area contributed by atoms with Crippen molar-refractivity contribution in [3.05, 3.63) is 72.1 Å². The largest absolute Gasteiger partial charge is 0.386 e. The Balaban J connectivity index is 1.83. The van der Waals surface area contributed by atoms with Crippen molar-refractivity contribution in [3.63, 3.8) is 0 Å². The quantitative estimate of drug-likeness (QED) is 0.445. The molecule has 3 rings (SSSR count). The first kappa shape index (κ1) is 24.1. The van der Waals surface area contributed by atoms with Gasteiger partial charge in [-0.3, -0.25) is 4.79 Å². The van der Waals surface area contributed by atoms with Gasteiger partial charge in [-0.2, -0.15) is 0 Å². The lowest BCUT2D eigenvalue weighted by molar-refractivity contribution is -0.111. The second-order valence-electron chi connectivity index (χ2n) is 8.62. The van der Waals surface area contributed by atoms with Gasteiger partial charge >= 0.3 is 0 Å². The highest BCUT2D eigenvalue weighted by Gasteiger charge is 2.19. The second kappa shape index (κ2) is 10.9. The SMILES string of the molecule is CCN(c1ccc(/N=C2/C=C(Nc3ccc(NC(C)C)cc3)C(=O)C=C2NC)cc1)C(C)C. The minimum atomic E-state index is -0.0893. The van der Waals surface area contributed by atoms with Crippen molar-refractivity contribution in [1.82, 2.24) is 5.32 Å². The van der Waals surface area contributed by atoms with Crippen LogP contribution >= 0.6 is 0 Å². The summed E-state index contributed by atoms with van der Waals surface area (Å²) >= 11 is 0. The van der Waals surface area contributed by atoms with E-state index >= 15 is 0 Å². The number of carbonyl (C=O) groups is 1. The van der Waals surface area contributed by atoms with Crippen LogP contribution < -0.4 is 20.9 Å². The number of carbonyl (C=O) groups excluding carboxylic acids is 1. The van der Waals surface area contributed by atoms with Crippen LogP contribution in [0.2, 0.25) is 0 Å². The van der Waals surface area contributed by atoms with Crippen LogP contribution in [-0.4, -0.2) is 37.2 Å². The number of nitrogens with zero attached hydrogens (tertiary/aromatic N) is 2. The lowest BCUT2D eigenvalue weighted by Gasteiger charge is -2.27. The highest BCUT2D eigenvalue weighted by molar-refractivity contribution is 6.23. The molecule has 6 heteroatoms. The van der Waals surface area contributed by atoms with Crippen LogP contribution in [0.5, 0.6) is 0 Å². The zero-order valence-corrected chi connectivity index (χ0v) is 20.4. The van der Waals surface area contributed by atoms with Crippen LogP contribution in [0, 0.1) is 0 Å². The summed E-state index contributed by atoms with van der Waals surface area (Å²) in [5, 5.41) is 9.69. The zero-order valence-electron chi connectivity index (χ0n) is 20.4. The average Bonchev–Trinajstić information content (AvgIpc) is 2.78. The van der Waals surface area contributed by atoms with E-state index in [1.165, 1.54) is 5.69 Å². The molecule has 1 aliphatic carbocycles. The summed E-state index contributed by atoms with van der Waals surface area (Å²) in [5.41, 5.74) is 5.80. The van der Waals surface area contributed by atoms with Gasteiger partial charge in [0.2, 0.25) is 5.78 Å². The van der Waals surface area contributed by atoms with Gasteiger partial charge in [0.25, 0.3) is 0 Å². The van der Waals surface area contributed by atoms with Gasteiger partial charge < -0.3 is 20.9 Å². The van der Waals surface area contributed by atoms with Crippen LogP contribution in [0.25, 0.3) is 0 Å². The lowest BCUT2D eigenvalue weighted by Crippen LogP contribution is -2.30. The summed E-state index contributed by atoms with van der Waals surface area (Å²) in [5.74, 6) is -0.0893. The minimum absolute atomic E-state index is 0.0893. The Morgan fingerprint density at radius 2 is 1.52 bits per heavy atom. The molecule has 0 saturated carbocycles. The van der Waals surface area contributed by atoms with E-state index in [1.807, 2.05) is 36.4 Å². The maximum Gasteiger partial charge on any atom is 0.204 e. The van der Waals surface area contributed by atoms with E-state index in [0.717, 1.165) is 23.6 Å². The van der Waals surface area contributed by atoms with Crippen molar-refractivity contribution in [1.29, 1.82) is 0 Å². The van der Waals surface area contributed by atoms with Gasteiger partial charge in [0.1, 0.15) is 0 Å². The van der Waals surface area contributed by atoms with Gasteiger partial charge in [0, 0.05) is 48.8 Å². The topological polar surface area (TPSA) is 68.8 Å². The fraction of sp³-hybridized carbons (Fsp3) is 0.333. The summed E-state index contributed by atoms with van der Waals surface area (Å²) in [6.07, 6.45) is 3.39. The minimum Gasteiger partial charge on any atom is -0.386 e. The predicted octanol–water partition coefficient (Wildman–Crippen LogP) is 5.50. The van der Waals surface area contributed by atoms with Crippen LogP contribution in [0.3, 0.4) is 0 Å². The number of rotatable bonds is 9. The number of allylic oxidation sites excluding steroid dienone is 2. The Kier molecular flexibility index (Phi) is 7.93. The van der Waals surface area contributed by atoms with Gasteiger partial charge in [0.05, 0.1) is 22.8 Å². The number of ketones is 1. The Morgan fingerprint density at radius 1 is 0.879 bits per heavy atom. The van der Waals surface area contributed by atoms with Crippen LogP contribution in [0.1, 0.15) is 34.6 Å². The number of nitrogens with one attached hydrogen (secondary N) is 3. The molecule has 0 bridgehead atoms. The molecule has 2 aromatic carbocycles. The Labute approximate surface area is 197 Å². The predicted molar refractivity (Wildman–Crippen MR) is 141 cm³/mol. The fourth-order valence-electron chi connectivity index (χ4n) is 3.80. The maximum absolute atomic E-state index is 12.7. The molecular weight excluding hydrogens is 410 g/mol. The van der Waals surface area contributed by atoms with Gasteiger partial charge in [-0.25, -0.2) is 4.99 Å². The summed E-state index contributed by atoms with van der Waals surface area (Å²) in [7, 11) is 1.80. The van der Waals surface area contributed by atoms with Crippen molar-refractivity contribution in [2.75, 3.05) is 29.1 Å². The number of hydrogen-bond donors (Lipinski definition) is 3. The average molecular weight is 446 g/mol. The first-order chi connectivity index (χ1) is 15.8. The summed E-state index contributed by atoms with van der Waals surface area (Å²) in [4.78, 5) is 19.8. The molecule has 0 amide bonds. The summed E-state index contributed by atoms with van der Waals surface area (Å²) in [6, 6.07) is 16.9. The summed E-state index contributed by atoms with van der Waals surface area (Å²) in [6.45, 7) is 11.7. The maximum atomic E-state index is 12.7. The standard InChI is InChI=1S/C27H35N5O/c1-7-32(19(4)5)23-14-12-22(13-15-23)30-25-16-26(27(33)17-24(25)28-6)31-21-10-8-20(9-11-21)29-18(2)3/h8-19,28-29,31H,7H2,1-6H3/b30-25-. The number of benzene rings is 2. The van der Waals surface area contributed by atoms with E-state index in [1.54, 1.807) is 19.2 Å². The number of aliphatic imine (C=N–C) groups is 1. The van der Waals surface area contributed by atoms with Crippen LogP contribution in [0.4, 0.5) is 22.7 Å². The molecule has 0 heterocycles. The van der Waals surface area contributed by atoms with Gasteiger partial charge in [0.15, 0.2) is 0 Å². The molecule has 3 N–H and O–H groups in total. The smallest absolute Gasteiger partial charge is 0.204 e. The third-order valence-electron chi connectivity index (χ3n) is 5.38. The zero-order chi connectivity index (χ0) is 24.0. The Bertz CT molecular complexity index is 1050. The highest BCUT2D eigenvalue weighted by atomic mass is 16.1. The molecule has 0 saturated heterocycles. The van der Waals surface area contributed by atoms with Crippen molar-refractivity contribution in [2.24, 2.45) is 4.99 Å². The monoisotopic (exact) mass is 445 g/mol. The highest BCUT2D eigenvalue weighted by Crippen LogP contribution is 2.24. The van der Waals surface area contributed by atoms with E-state index < -0.39 is 0 Å². The molecular formula is C27H35N5O. The first-order valence-corrected chi connectivity index (χ1v) is 11.6. The van der Waals surface area contributed by atoms with E-state index in [2.05, 4.69) is 67.6 Å². The molecule has 0 aliphatic heterocycles. The molecule has 0 aromatic heterocycles. The molecule has 0 fully saturated rings. The summed E-state index contributed by atoms with van der Waals surface area (Å²) < 4.78 is 0. The number of anilines is 3. The van der Waals surface area contributed by atoms with Crippen LogP contribution in [0.15, 0.2) is 77.1 Å². The molecule has 0 spiro atoms. The van der Waals surface area contributed by atoms with Crippen molar-refractivity contribution in [2.45, 2.75) is 46.7 Å². The second-order valence-corrected chi connectivity index (χ2v) is 8.62. The van der Waals surface area contributed by atoms with Gasteiger partial charge in [-0.15, -0.1) is 0 Å². The van der Waals surface area contributed by atoms with E-state index in [0.29, 0.717) is 29.2 Å². The van der Waals surface area contributed by atoms with Crippen molar-refractivity contribution < 1.29 is 4.79 Å². The van der Waals surface area contributed by atoms with Crippen molar-refractivity contribution >= 4 is 34.2 Å². The molecule has 0 radical (unpaired) electrons. The molecule has 33 heavy (non-hydrogen) atoms. The number of hydrogen-bond acceptors (Lipinski definition) is 6. The Hall–Kier alpha value is -3.54. The Morgan fingerprint density at radius 3 is 2.06 bits per heavy atom. The lowest BCUT2D eigenvalue weighted by atomic mass is 10.0. The van der Waals surface area contributed by atoms with Crippen molar-refractivity contribution in [3.8, 4) is 0 Å². The molecule has 0 unspecified atom stereocenters. The fourth-order valence-corrected chi connectivity index (χ4v) is 3.80.